The van der Waals surface area contributed by atoms with Crippen LogP contribution in [0.1, 0.15) is 37.0 Å². The Balaban J connectivity index is 1.20. The largest absolute Gasteiger partial charge is 0.509 e. The Bertz CT molecular complexity index is 2020. The van der Waals surface area contributed by atoms with Gasteiger partial charge in [-0.25, -0.2) is 14.4 Å². The molecule has 2 amide bonds. The van der Waals surface area contributed by atoms with E-state index in [1.807, 2.05) is 0 Å². The van der Waals surface area contributed by atoms with Crippen molar-refractivity contribution in [1.29, 1.82) is 0 Å². The standard InChI is InChI=1S/C35H33N5O14S/c1-35(2,54-34(44)53-20-23-7-13-26(14-8-23)40(49)50)29-27-17-28(55-16-15-36-33(43)52-19-22-5-11-25(12-6-22)39(47)48)30(37(27)31(29)41)32(42)51-18-21-3-9-24(10-4-21)38(45)46/h3-14,27,29H,15-20H2,1-2H3,(H,36,43)/t27-,29+/m1/s1. The molecule has 0 aliphatic carbocycles. The first-order chi connectivity index (χ1) is 26.1. The van der Waals surface area contributed by atoms with Crippen molar-refractivity contribution in [3.05, 3.63) is 130 Å². The molecule has 0 saturated carbocycles. The molecule has 288 valence electrons. The predicted molar refractivity (Wildman–Crippen MR) is 191 cm³/mol. The van der Waals surface area contributed by atoms with Gasteiger partial charge in [-0.2, -0.15) is 0 Å². The van der Waals surface area contributed by atoms with Crippen LogP contribution in [0.3, 0.4) is 0 Å². The summed E-state index contributed by atoms with van der Waals surface area (Å²) in [6, 6.07) is 15.7. The second-order valence-corrected chi connectivity index (χ2v) is 13.9. The number of carbonyl (C=O) groups is 4. The zero-order valence-corrected chi connectivity index (χ0v) is 30.1. The lowest BCUT2D eigenvalue weighted by Gasteiger charge is -2.49. The smallest absolute Gasteiger partial charge is 0.456 e. The third-order valence-electron chi connectivity index (χ3n) is 8.59. The second kappa shape index (κ2) is 17.1. The highest BCUT2D eigenvalue weighted by atomic mass is 32.2. The number of hydrogen-bond donors (Lipinski definition) is 1. The number of benzene rings is 3. The fourth-order valence-corrected chi connectivity index (χ4v) is 6.94. The number of rotatable bonds is 16. The Morgan fingerprint density at radius 1 is 0.764 bits per heavy atom. The van der Waals surface area contributed by atoms with E-state index in [1.165, 1.54) is 103 Å². The van der Waals surface area contributed by atoms with Gasteiger partial charge in [0.25, 0.3) is 17.1 Å². The first kappa shape index (κ1) is 39.6. The normalized spacial score (nSPS) is 16.0. The number of β-lactam (4-membered cyclic amide) rings is 1. The van der Waals surface area contributed by atoms with Gasteiger partial charge in [-0.1, -0.05) is 0 Å². The van der Waals surface area contributed by atoms with Crippen molar-refractivity contribution in [2.75, 3.05) is 12.3 Å². The highest BCUT2D eigenvalue weighted by Gasteiger charge is 2.61. The minimum Gasteiger partial charge on any atom is -0.456 e. The van der Waals surface area contributed by atoms with Crippen LogP contribution in [0.25, 0.3) is 0 Å². The summed E-state index contributed by atoms with van der Waals surface area (Å²) in [5.41, 5.74) is -0.314. The van der Waals surface area contributed by atoms with Crippen LogP contribution in [-0.4, -0.2) is 67.7 Å². The van der Waals surface area contributed by atoms with Crippen molar-refractivity contribution in [3.63, 3.8) is 0 Å². The van der Waals surface area contributed by atoms with Crippen molar-refractivity contribution in [2.24, 2.45) is 5.92 Å². The summed E-state index contributed by atoms with van der Waals surface area (Å²) in [5, 5.41) is 35.3. The number of alkyl carbamates (subject to hydrolysis) is 1. The molecule has 55 heavy (non-hydrogen) atoms. The Hall–Kier alpha value is -6.57. The van der Waals surface area contributed by atoms with Crippen molar-refractivity contribution < 1.29 is 52.9 Å². The zero-order chi connectivity index (χ0) is 39.9. The van der Waals surface area contributed by atoms with Gasteiger partial charge in [0.2, 0.25) is 5.91 Å². The number of esters is 1. The maximum atomic E-state index is 13.7. The van der Waals surface area contributed by atoms with Gasteiger partial charge in [-0.05, 0) is 66.9 Å². The van der Waals surface area contributed by atoms with E-state index in [1.54, 1.807) is 0 Å². The highest BCUT2D eigenvalue weighted by Crippen LogP contribution is 2.50. The van der Waals surface area contributed by atoms with E-state index in [-0.39, 0.29) is 61.3 Å². The minimum absolute atomic E-state index is 0.0181. The summed E-state index contributed by atoms with van der Waals surface area (Å²) in [5.74, 6) is -1.98. The van der Waals surface area contributed by atoms with Gasteiger partial charge in [0.15, 0.2) is 0 Å². The minimum atomic E-state index is -1.40. The molecule has 1 saturated heterocycles. The Labute approximate surface area is 316 Å². The van der Waals surface area contributed by atoms with E-state index >= 15 is 0 Å². The Morgan fingerprint density at radius 3 is 1.69 bits per heavy atom. The van der Waals surface area contributed by atoms with Crippen LogP contribution >= 0.6 is 11.8 Å². The molecular weight excluding hydrogens is 746 g/mol. The fourth-order valence-electron chi connectivity index (χ4n) is 5.89. The second-order valence-electron chi connectivity index (χ2n) is 12.7. The molecule has 0 unspecified atom stereocenters. The number of nitrogens with one attached hydrogen (secondary N) is 1. The molecule has 0 radical (unpaired) electrons. The summed E-state index contributed by atoms with van der Waals surface area (Å²) in [6.45, 7) is 2.54. The van der Waals surface area contributed by atoms with Crippen LogP contribution in [0.5, 0.6) is 0 Å². The third kappa shape index (κ3) is 9.71. The number of nitro benzene ring substituents is 3. The number of ether oxygens (including phenoxy) is 4. The van der Waals surface area contributed by atoms with Gasteiger partial charge in [0.1, 0.15) is 31.1 Å². The molecule has 2 aliphatic rings. The summed E-state index contributed by atoms with van der Waals surface area (Å²) < 4.78 is 21.4. The molecule has 1 N–H and O–H groups in total. The lowest BCUT2D eigenvalue weighted by atomic mass is 9.76. The average molecular weight is 780 g/mol. The van der Waals surface area contributed by atoms with Gasteiger partial charge in [-0.3, -0.25) is 35.1 Å². The number of fused-ring (bicyclic) bond motifs is 1. The van der Waals surface area contributed by atoms with Crippen LogP contribution in [-0.2, 0) is 48.4 Å². The van der Waals surface area contributed by atoms with Gasteiger partial charge < -0.3 is 29.2 Å². The topological polar surface area (TPSA) is 250 Å². The summed E-state index contributed by atoms with van der Waals surface area (Å²) in [6.07, 6.45) is -1.64. The summed E-state index contributed by atoms with van der Waals surface area (Å²) in [7, 11) is 0. The molecular formula is C35H33N5O14S. The molecule has 0 spiro atoms. The van der Waals surface area contributed by atoms with Crippen molar-refractivity contribution in [1.82, 2.24) is 10.2 Å². The van der Waals surface area contributed by atoms with Crippen molar-refractivity contribution in [3.8, 4) is 0 Å². The van der Waals surface area contributed by atoms with Crippen LogP contribution in [0.15, 0.2) is 83.4 Å². The van der Waals surface area contributed by atoms with E-state index in [9.17, 15) is 49.5 Å². The molecule has 1 fully saturated rings. The number of carbonyl (C=O) groups excluding carboxylic acids is 4. The van der Waals surface area contributed by atoms with Gasteiger partial charge >= 0.3 is 18.2 Å². The number of nitro groups is 3. The maximum Gasteiger partial charge on any atom is 0.509 e. The van der Waals surface area contributed by atoms with Crippen molar-refractivity contribution >= 4 is 52.9 Å². The molecule has 0 aromatic heterocycles. The lowest BCUT2D eigenvalue weighted by molar-refractivity contribution is -0.385. The molecule has 2 aliphatic heterocycles. The number of hydrogen-bond acceptors (Lipinski definition) is 15. The van der Waals surface area contributed by atoms with Crippen LogP contribution < -0.4 is 5.32 Å². The van der Waals surface area contributed by atoms with Crippen LogP contribution in [0.2, 0.25) is 0 Å². The number of non-ortho nitro benzene ring substituents is 3. The Morgan fingerprint density at radius 2 is 1.22 bits per heavy atom. The molecule has 5 rings (SSSR count). The van der Waals surface area contributed by atoms with Gasteiger partial charge in [0.05, 0.1) is 26.7 Å². The average Bonchev–Trinajstić information content (AvgIpc) is 3.47. The van der Waals surface area contributed by atoms with Crippen LogP contribution in [0.4, 0.5) is 26.7 Å². The van der Waals surface area contributed by atoms with E-state index in [2.05, 4.69) is 5.32 Å². The fraction of sp³-hybridized carbons (Fsp3) is 0.314. The number of thioether (sulfide) groups is 1. The predicted octanol–water partition coefficient (Wildman–Crippen LogP) is 5.69. The number of amides is 2. The molecule has 19 nitrogen and oxygen atoms in total. The first-order valence-corrected chi connectivity index (χ1v) is 17.5. The molecule has 2 atom stereocenters. The zero-order valence-electron chi connectivity index (χ0n) is 29.2. The highest BCUT2D eigenvalue weighted by molar-refractivity contribution is 8.03. The summed E-state index contributed by atoms with van der Waals surface area (Å²) in [4.78, 5) is 85.0. The molecule has 2 heterocycles. The molecule has 20 heteroatoms. The maximum absolute atomic E-state index is 13.7. The molecule has 0 bridgehead atoms. The molecule has 3 aromatic rings. The monoisotopic (exact) mass is 779 g/mol. The molecule has 3 aromatic carbocycles. The Kier molecular flexibility index (Phi) is 12.3. The number of nitrogens with zero attached hydrogens (tertiary/aromatic N) is 4. The lowest BCUT2D eigenvalue weighted by Crippen LogP contribution is -2.66. The SMILES string of the molecule is CC(C)(OC(=O)OCc1ccc([N+](=O)[O-])cc1)[C@@H]1C(=O)N2C(C(=O)OCc3ccc([N+](=O)[O-])cc3)=C(SCCNC(=O)OCc3ccc([N+](=O)[O-])cc3)C[C@H]12. The van der Waals surface area contributed by atoms with Gasteiger partial charge in [-0.15, -0.1) is 11.8 Å². The van der Waals surface area contributed by atoms with E-state index in [0.717, 1.165) is 0 Å². The van der Waals surface area contributed by atoms with Crippen LogP contribution in [0, 0.1) is 36.3 Å². The van der Waals surface area contributed by atoms with E-state index in [0.29, 0.717) is 21.6 Å². The van der Waals surface area contributed by atoms with E-state index < -0.39 is 56.5 Å². The van der Waals surface area contributed by atoms with Crippen molar-refractivity contribution in [2.45, 2.75) is 51.7 Å². The van der Waals surface area contributed by atoms with Gasteiger partial charge in [0, 0.05) is 60.0 Å². The van der Waals surface area contributed by atoms with E-state index in [4.69, 9.17) is 18.9 Å². The first-order valence-electron chi connectivity index (χ1n) is 16.5. The third-order valence-corrected chi connectivity index (χ3v) is 9.71. The summed E-state index contributed by atoms with van der Waals surface area (Å²) >= 11 is 1.19. The quantitative estimate of drug-likeness (QED) is 0.0458.